The van der Waals surface area contributed by atoms with Crippen molar-refractivity contribution in [3.8, 4) is 0 Å². The van der Waals surface area contributed by atoms with Gasteiger partial charge in [0.15, 0.2) is 0 Å². The number of rotatable bonds is 4. The molecule has 0 aromatic heterocycles. The SMILES string of the molecule is O=C1C=C(Nc2ccc(F)cc2)C(=O)N1Cc1ccccc1. The zero-order valence-electron chi connectivity index (χ0n) is 11.6. The summed E-state index contributed by atoms with van der Waals surface area (Å²) in [6.45, 7) is 0.226. The van der Waals surface area contributed by atoms with Crippen molar-refractivity contribution in [1.29, 1.82) is 0 Å². The number of nitrogens with one attached hydrogen (secondary N) is 1. The second-order valence-corrected chi connectivity index (χ2v) is 4.91. The van der Waals surface area contributed by atoms with Crippen LogP contribution in [0.1, 0.15) is 5.56 Å². The molecule has 0 unspecified atom stereocenters. The summed E-state index contributed by atoms with van der Waals surface area (Å²) in [6.07, 6.45) is 1.26. The average Bonchev–Trinajstić information content (AvgIpc) is 2.78. The molecular weight excluding hydrogens is 283 g/mol. The van der Waals surface area contributed by atoms with Crippen LogP contribution in [-0.4, -0.2) is 16.7 Å². The van der Waals surface area contributed by atoms with Crippen LogP contribution in [0.5, 0.6) is 0 Å². The molecule has 0 atom stereocenters. The predicted molar refractivity (Wildman–Crippen MR) is 80.1 cm³/mol. The lowest BCUT2D eigenvalue weighted by Gasteiger charge is -2.15. The highest BCUT2D eigenvalue weighted by atomic mass is 19.1. The molecule has 0 radical (unpaired) electrons. The van der Waals surface area contributed by atoms with Crippen molar-refractivity contribution in [2.24, 2.45) is 0 Å². The maximum absolute atomic E-state index is 12.9. The minimum absolute atomic E-state index is 0.188. The van der Waals surface area contributed by atoms with Crippen LogP contribution in [0.15, 0.2) is 66.4 Å². The van der Waals surface area contributed by atoms with E-state index in [-0.39, 0.29) is 24.0 Å². The van der Waals surface area contributed by atoms with Crippen LogP contribution in [-0.2, 0) is 16.1 Å². The van der Waals surface area contributed by atoms with Crippen LogP contribution in [0, 0.1) is 5.82 Å². The maximum Gasteiger partial charge on any atom is 0.277 e. The van der Waals surface area contributed by atoms with E-state index >= 15 is 0 Å². The quantitative estimate of drug-likeness (QED) is 0.883. The molecule has 5 heteroatoms. The molecule has 1 aliphatic heterocycles. The first-order chi connectivity index (χ1) is 10.6. The van der Waals surface area contributed by atoms with Gasteiger partial charge in [-0.3, -0.25) is 14.5 Å². The van der Waals surface area contributed by atoms with Gasteiger partial charge in [0.1, 0.15) is 11.5 Å². The van der Waals surface area contributed by atoms with E-state index in [0.29, 0.717) is 5.69 Å². The van der Waals surface area contributed by atoms with E-state index in [1.165, 1.54) is 35.2 Å². The zero-order valence-corrected chi connectivity index (χ0v) is 11.6. The van der Waals surface area contributed by atoms with Crippen molar-refractivity contribution in [1.82, 2.24) is 4.90 Å². The van der Waals surface area contributed by atoms with Crippen molar-refractivity contribution in [2.45, 2.75) is 6.54 Å². The van der Waals surface area contributed by atoms with Gasteiger partial charge in [0.25, 0.3) is 11.8 Å². The van der Waals surface area contributed by atoms with Crippen molar-refractivity contribution < 1.29 is 14.0 Å². The van der Waals surface area contributed by atoms with E-state index in [0.717, 1.165) is 5.56 Å². The molecule has 0 fully saturated rings. The van der Waals surface area contributed by atoms with Crippen molar-refractivity contribution in [2.75, 3.05) is 5.32 Å². The predicted octanol–water partition coefficient (Wildman–Crippen LogP) is 2.69. The van der Waals surface area contributed by atoms with Gasteiger partial charge in [0.05, 0.1) is 6.54 Å². The van der Waals surface area contributed by atoms with E-state index < -0.39 is 5.91 Å². The Morgan fingerprint density at radius 1 is 0.955 bits per heavy atom. The van der Waals surface area contributed by atoms with Gasteiger partial charge in [0.2, 0.25) is 0 Å². The lowest BCUT2D eigenvalue weighted by atomic mass is 10.2. The number of carbonyl (C=O) groups excluding carboxylic acids is 2. The molecule has 0 bridgehead atoms. The van der Waals surface area contributed by atoms with Crippen LogP contribution in [0.3, 0.4) is 0 Å². The highest BCUT2D eigenvalue weighted by molar-refractivity contribution is 6.17. The molecule has 1 aliphatic rings. The van der Waals surface area contributed by atoms with E-state index in [1.54, 1.807) is 0 Å². The summed E-state index contributed by atoms with van der Waals surface area (Å²) in [7, 11) is 0. The van der Waals surface area contributed by atoms with Crippen LogP contribution < -0.4 is 5.32 Å². The Hall–Kier alpha value is -2.95. The van der Waals surface area contributed by atoms with Crippen molar-refractivity contribution in [3.05, 3.63) is 77.8 Å². The minimum atomic E-state index is -0.391. The second-order valence-electron chi connectivity index (χ2n) is 4.91. The number of benzene rings is 2. The second kappa shape index (κ2) is 5.81. The van der Waals surface area contributed by atoms with E-state index in [2.05, 4.69) is 5.32 Å². The number of imide groups is 1. The van der Waals surface area contributed by atoms with Crippen LogP contribution in [0.4, 0.5) is 10.1 Å². The van der Waals surface area contributed by atoms with Gasteiger partial charge >= 0.3 is 0 Å². The first-order valence-corrected chi connectivity index (χ1v) is 6.77. The summed E-state index contributed by atoms with van der Waals surface area (Å²) in [5, 5.41) is 2.85. The van der Waals surface area contributed by atoms with E-state index in [4.69, 9.17) is 0 Å². The summed E-state index contributed by atoms with van der Waals surface area (Å²) in [4.78, 5) is 25.4. The average molecular weight is 296 g/mol. The molecule has 110 valence electrons. The lowest BCUT2D eigenvalue weighted by Crippen LogP contribution is -2.31. The smallest absolute Gasteiger partial charge is 0.277 e. The van der Waals surface area contributed by atoms with E-state index in [9.17, 15) is 14.0 Å². The fourth-order valence-corrected chi connectivity index (χ4v) is 2.20. The Balaban J connectivity index is 1.73. The molecule has 0 aliphatic carbocycles. The molecule has 0 saturated carbocycles. The van der Waals surface area contributed by atoms with Crippen LogP contribution in [0.25, 0.3) is 0 Å². The first kappa shape index (κ1) is 14.0. The number of hydrogen-bond acceptors (Lipinski definition) is 3. The molecule has 2 aromatic carbocycles. The van der Waals surface area contributed by atoms with Gasteiger partial charge < -0.3 is 5.32 Å². The Kier molecular flexibility index (Phi) is 3.70. The third-order valence-corrected chi connectivity index (χ3v) is 3.32. The molecule has 1 heterocycles. The molecule has 22 heavy (non-hydrogen) atoms. The number of hydrogen-bond donors (Lipinski definition) is 1. The molecule has 4 nitrogen and oxygen atoms in total. The molecular formula is C17H13FN2O2. The van der Waals surface area contributed by atoms with E-state index in [1.807, 2.05) is 30.3 Å². The van der Waals surface area contributed by atoms with Gasteiger partial charge in [-0.05, 0) is 29.8 Å². The topological polar surface area (TPSA) is 49.4 Å². The van der Waals surface area contributed by atoms with Gasteiger partial charge in [-0.1, -0.05) is 30.3 Å². The van der Waals surface area contributed by atoms with Crippen LogP contribution in [0.2, 0.25) is 0 Å². The molecule has 1 N–H and O–H groups in total. The monoisotopic (exact) mass is 296 g/mol. The fourth-order valence-electron chi connectivity index (χ4n) is 2.20. The third-order valence-electron chi connectivity index (χ3n) is 3.32. The Morgan fingerprint density at radius 2 is 1.64 bits per heavy atom. The highest BCUT2D eigenvalue weighted by Crippen LogP contribution is 2.19. The zero-order chi connectivity index (χ0) is 15.5. The van der Waals surface area contributed by atoms with Gasteiger partial charge in [-0.15, -0.1) is 0 Å². The third kappa shape index (κ3) is 2.88. The number of halogens is 1. The minimum Gasteiger partial charge on any atom is -0.351 e. The number of carbonyl (C=O) groups is 2. The normalized spacial score (nSPS) is 14.2. The fraction of sp³-hybridized carbons (Fsp3) is 0.0588. The first-order valence-electron chi connectivity index (χ1n) is 6.77. The standard InChI is InChI=1S/C17H13FN2O2/c18-13-6-8-14(9-7-13)19-15-10-16(21)20(17(15)22)11-12-4-2-1-3-5-12/h1-10,19H,11H2. The molecule has 0 saturated heterocycles. The summed E-state index contributed by atoms with van der Waals surface area (Å²) < 4.78 is 12.9. The Labute approximate surface area is 126 Å². The Morgan fingerprint density at radius 3 is 2.32 bits per heavy atom. The van der Waals surface area contributed by atoms with Gasteiger partial charge in [-0.25, -0.2) is 4.39 Å². The Bertz CT molecular complexity index is 739. The van der Waals surface area contributed by atoms with Gasteiger partial charge in [0, 0.05) is 11.8 Å². The summed E-state index contributed by atoms with van der Waals surface area (Å²) in [6, 6.07) is 14.9. The molecule has 0 spiro atoms. The maximum atomic E-state index is 12.9. The number of nitrogens with zero attached hydrogens (tertiary/aromatic N) is 1. The van der Waals surface area contributed by atoms with Gasteiger partial charge in [-0.2, -0.15) is 0 Å². The summed E-state index contributed by atoms with van der Waals surface area (Å²) in [5.74, 6) is -1.12. The van der Waals surface area contributed by atoms with Crippen LogP contribution >= 0.6 is 0 Å². The molecule has 2 amide bonds. The number of amides is 2. The van der Waals surface area contributed by atoms with Crippen molar-refractivity contribution in [3.63, 3.8) is 0 Å². The molecule has 2 aromatic rings. The largest absolute Gasteiger partial charge is 0.351 e. The highest BCUT2D eigenvalue weighted by Gasteiger charge is 2.31. The lowest BCUT2D eigenvalue weighted by molar-refractivity contribution is -0.137. The summed E-state index contributed by atoms with van der Waals surface area (Å²) in [5.41, 5.74) is 1.61. The molecule has 3 rings (SSSR count). The summed E-state index contributed by atoms with van der Waals surface area (Å²) >= 11 is 0. The number of anilines is 1. The van der Waals surface area contributed by atoms with Crippen molar-refractivity contribution >= 4 is 17.5 Å².